The summed E-state index contributed by atoms with van der Waals surface area (Å²) in [6, 6.07) is 21.3. The SMILES string of the molecule is CC(C)Cc1ccccc1.CCCCc1ccccc1. The summed E-state index contributed by atoms with van der Waals surface area (Å²) in [6.45, 7) is 6.71. The minimum absolute atomic E-state index is 0.766. The number of aryl methyl sites for hydroxylation is 1. The molecule has 2 aromatic carbocycles. The van der Waals surface area contributed by atoms with Crippen molar-refractivity contribution in [3.8, 4) is 0 Å². The van der Waals surface area contributed by atoms with Gasteiger partial charge in [-0.2, -0.15) is 0 Å². The van der Waals surface area contributed by atoms with Gasteiger partial charge in [0.1, 0.15) is 0 Å². The minimum Gasteiger partial charge on any atom is -0.0654 e. The number of hydrogen-bond donors (Lipinski definition) is 0. The number of unbranched alkanes of at least 4 members (excludes halogenated alkanes) is 1. The van der Waals surface area contributed by atoms with E-state index < -0.39 is 0 Å². The summed E-state index contributed by atoms with van der Waals surface area (Å²) >= 11 is 0. The van der Waals surface area contributed by atoms with Gasteiger partial charge in [-0.3, -0.25) is 0 Å². The van der Waals surface area contributed by atoms with Gasteiger partial charge in [-0.05, 0) is 36.3 Å². The predicted molar refractivity (Wildman–Crippen MR) is 90.0 cm³/mol. The Hall–Kier alpha value is -1.56. The molecule has 20 heavy (non-hydrogen) atoms. The van der Waals surface area contributed by atoms with Gasteiger partial charge in [0, 0.05) is 0 Å². The van der Waals surface area contributed by atoms with Crippen molar-refractivity contribution in [2.45, 2.75) is 46.5 Å². The highest BCUT2D eigenvalue weighted by Gasteiger charge is 1.94. The Balaban J connectivity index is 0.000000200. The average molecular weight is 268 g/mol. The number of benzene rings is 2. The van der Waals surface area contributed by atoms with E-state index in [0.29, 0.717) is 0 Å². The molecule has 0 spiro atoms. The fourth-order valence-corrected chi connectivity index (χ4v) is 2.11. The Morgan fingerprint density at radius 2 is 1.25 bits per heavy atom. The molecular formula is C20H28. The summed E-state index contributed by atoms with van der Waals surface area (Å²) in [7, 11) is 0. The summed E-state index contributed by atoms with van der Waals surface area (Å²) in [5, 5.41) is 0. The van der Waals surface area contributed by atoms with E-state index in [1.54, 1.807) is 0 Å². The average Bonchev–Trinajstić information content (AvgIpc) is 2.47. The molecule has 2 rings (SSSR count). The van der Waals surface area contributed by atoms with Crippen LogP contribution < -0.4 is 0 Å². The van der Waals surface area contributed by atoms with E-state index in [1.807, 2.05) is 0 Å². The van der Waals surface area contributed by atoms with Gasteiger partial charge in [0.25, 0.3) is 0 Å². The van der Waals surface area contributed by atoms with Crippen LogP contribution in [0.3, 0.4) is 0 Å². The highest BCUT2D eigenvalue weighted by Crippen LogP contribution is 2.06. The molecule has 0 aromatic heterocycles. The van der Waals surface area contributed by atoms with Crippen LogP contribution in [-0.2, 0) is 12.8 Å². The van der Waals surface area contributed by atoms with E-state index in [-0.39, 0.29) is 0 Å². The Labute approximate surface area is 124 Å². The molecule has 0 radical (unpaired) electrons. The van der Waals surface area contributed by atoms with Crippen LogP contribution in [0.25, 0.3) is 0 Å². The first-order chi connectivity index (χ1) is 9.72. The summed E-state index contributed by atoms with van der Waals surface area (Å²) in [6.07, 6.45) is 5.02. The van der Waals surface area contributed by atoms with Crippen LogP contribution in [0.15, 0.2) is 60.7 Å². The minimum atomic E-state index is 0.766. The molecule has 0 aliphatic carbocycles. The van der Waals surface area contributed by atoms with Crippen molar-refractivity contribution >= 4 is 0 Å². The zero-order valence-electron chi connectivity index (χ0n) is 13.2. The second-order valence-corrected chi connectivity index (χ2v) is 5.67. The van der Waals surface area contributed by atoms with Crippen LogP contribution in [0.5, 0.6) is 0 Å². The summed E-state index contributed by atoms with van der Waals surface area (Å²) in [5.41, 5.74) is 2.90. The zero-order valence-corrected chi connectivity index (χ0v) is 13.2. The fourth-order valence-electron chi connectivity index (χ4n) is 2.11. The van der Waals surface area contributed by atoms with Crippen LogP contribution in [-0.4, -0.2) is 0 Å². The molecular weight excluding hydrogens is 240 g/mol. The molecule has 0 saturated heterocycles. The Kier molecular flexibility index (Phi) is 8.46. The maximum atomic E-state index is 2.24. The summed E-state index contributed by atoms with van der Waals surface area (Å²) in [4.78, 5) is 0. The van der Waals surface area contributed by atoms with E-state index in [1.165, 1.54) is 36.8 Å². The van der Waals surface area contributed by atoms with Crippen LogP contribution in [0, 0.1) is 5.92 Å². The lowest BCUT2D eigenvalue weighted by Crippen LogP contribution is -1.92. The van der Waals surface area contributed by atoms with Gasteiger partial charge in [0.2, 0.25) is 0 Å². The van der Waals surface area contributed by atoms with Crippen molar-refractivity contribution < 1.29 is 0 Å². The lowest BCUT2D eigenvalue weighted by molar-refractivity contribution is 0.647. The normalized spacial score (nSPS) is 10.0. The highest BCUT2D eigenvalue weighted by molar-refractivity contribution is 5.15. The first-order valence-corrected chi connectivity index (χ1v) is 7.80. The third kappa shape index (κ3) is 7.78. The lowest BCUT2D eigenvalue weighted by atomic mass is 10.0. The second kappa shape index (κ2) is 10.3. The molecule has 0 bridgehead atoms. The van der Waals surface area contributed by atoms with E-state index in [2.05, 4.69) is 81.4 Å². The van der Waals surface area contributed by atoms with Gasteiger partial charge in [0.15, 0.2) is 0 Å². The molecule has 108 valence electrons. The molecule has 0 saturated carbocycles. The van der Waals surface area contributed by atoms with Gasteiger partial charge in [-0.1, -0.05) is 87.9 Å². The van der Waals surface area contributed by atoms with Gasteiger partial charge >= 0.3 is 0 Å². The van der Waals surface area contributed by atoms with Crippen molar-refractivity contribution in [2.75, 3.05) is 0 Å². The molecule has 0 amide bonds. The molecule has 0 heterocycles. The standard InChI is InChI=1S/2C10H14/c1-9(2)8-10-6-4-3-5-7-10;1-2-3-7-10-8-5-4-6-9-10/h3-7,9H,8H2,1-2H3;4-6,8-9H,2-3,7H2,1H3. The Bertz CT molecular complexity index is 428. The van der Waals surface area contributed by atoms with Crippen LogP contribution in [0.2, 0.25) is 0 Å². The van der Waals surface area contributed by atoms with E-state index >= 15 is 0 Å². The monoisotopic (exact) mass is 268 g/mol. The summed E-state index contributed by atoms with van der Waals surface area (Å²) < 4.78 is 0. The molecule has 0 aliphatic heterocycles. The van der Waals surface area contributed by atoms with Crippen molar-refractivity contribution in [3.63, 3.8) is 0 Å². The predicted octanol–water partition coefficient (Wildman–Crippen LogP) is 5.91. The van der Waals surface area contributed by atoms with Crippen LogP contribution >= 0.6 is 0 Å². The largest absolute Gasteiger partial charge is 0.0654 e. The first kappa shape index (κ1) is 16.5. The number of rotatable bonds is 5. The van der Waals surface area contributed by atoms with Gasteiger partial charge < -0.3 is 0 Å². The third-order valence-electron chi connectivity index (χ3n) is 3.15. The molecule has 2 aromatic rings. The molecule has 0 heteroatoms. The zero-order chi connectivity index (χ0) is 14.6. The number of hydrogen-bond acceptors (Lipinski definition) is 0. The van der Waals surface area contributed by atoms with Crippen LogP contribution in [0.4, 0.5) is 0 Å². The van der Waals surface area contributed by atoms with Crippen molar-refractivity contribution in [1.82, 2.24) is 0 Å². The Morgan fingerprint density at radius 1 is 0.750 bits per heavy atom. The molecule has 0 unspecified atom stereocenters. The quantitative estimate of drug-likeness (QED) is 0.632. The smallest absolute Gasteiger partial charge is 0.0256 e. The van der Waals surface area contributed by atoms with Crippen molar-refractivity contribution in [1.29, 1.82) is 0 Å². The molecule has 0 N–H and O–H groups in total. The Morgan fingerprint density at radius 3 is 1.70 bits per heavy atom. The van der Waals surface area contributed by atoms with Gasteiger partial charge in [-0.25, -0.2) is 0 Å². The highest BCUT2D eigenvalue weighted by atomic mass is 14.0. The van der Waals surface area contributed by atoms with Crippen molar-refractivity contribution in [3.05, 3.63) is 71.8 Å². The fraction of sp³-hybridized carbons (Fsp3) is 0.400. The topological polar surface area (TPSA) is 0 Å². The van der Waals surface area contributed by atoms with Gasteiger partial charge in [0.05, 0.1) is 0 Å². The van der Waals surface area contributed by atoms with Gasteiger partial charge in [-0.15, -0.1) is 0 Å². The second-order valence-electron chi connectivity index (χ2n) is 5.67. The maximum absolute atomic E-state index is 2.24. The van der Waals surface area contributed by atoms with E-state index in [9.17, 15) is 0 Å². The summed E-state index contributed by atoms with van der Waals surface area (Å²) in [5.74, 6) is 0.766. The molecule has 0 fully saturated rings. The first-order valence-electron chi connectivity index (χ1n) is 7.80. The maximum Gasteiger partial charge on any atom is -0.0256 e. The molecule has 0 aliphatic rings. The van der Waals surface area contributed by atoms with Crippen LogP contribution in [0.1, 0.15) is 44.7 Å². The third-order valence-corrected chi connectivity index (χ3v) is 3.15. The van der Waals surface area contributed by atoms with E-state index in [4.69, 9.17) is 0 Å². The molecule has 0 atom stereocenters. The van der Waals surface area contributed by atoms with E-state index in [0.717, 1.165) is 5.92 Å². The lowest BCUT2D eigenvalue weighted by Gasteiger charge is -2.02. The van der Waals surface area contributed by atoms with Crippen molar-refractivity contribution in [2.24, 2.45) is 5.92 Å². The molecule has 0 nitrogen and oxygen atoms in total.